The Morgan fingerprint density at radius 3 is 2.46 bits per heavy atom. The highest BCUT2D eigenvalue weighted by atomic mass is 32.2. The van der Waals surface area contributed by atoms with Crippen molar-refractivity contribution in [1.29, 1.82) is 0 Å². The smallest absolute Gasteiger partial charge is 0.322 e. The first kappa shape index (κ1) is 20.1. The average molecular weight is 412 g/mol. The van der Waals surface area contributed by atoms with Crippen molar-refractivity contribution in [2.45, 2.75) is 94.5 Å². The van der Waals surface area contributed by atoms with Crippen LogP contribution in [0.4, 0.5) is 4.79 Å². The fourth-order valence-electron chi connectivity index (χ4n) is 5.39. The highest BCUT2D eigenvalue weighted by Crippen LogP contribution is 2.40. The number of hydrogen-bond acceptors (Lipinski definition) is 4. The molecule has 3 aliphatic carbocycles. The Morgan fingerprint density at radius 1 is 1.11 bits per heavy atom. The molecule has 158 valence electrons. The van der Waals surface area contributed by atoms with Crippen LogP contribution in [0.15, 0.2) is 0 Å². The molecule has 5 unspecified atom stereocenters. The number of nitrogens with one attached hydrogen (secondary N) is 1. The van der Waals surface area contributed by atoms with E-state index in [1.165, 1.54) is 4.90 Å². The van der Waals surface area contributed by atoms with Gasteiger partial charge < -0.3 is 4.90 Å². The molecule has 0 spiro atoms. The second kappa shape index (κ2) is 6.97. The van der Waals surface area contributed by atoms with Gasteiger partial charge in [-0.25, -0.2) is 17.9 Å². The third kappa shape index (κ3) is 3.58. The molecule has 28 heavy (non-hydrogen) atoms. The Labute approximate surface area is 168 Å². The number of nitrogens with zero attached hydrogens (tertiary/aromatic N) is 2. The van der Waals surface area contributed by atoms with Crippen molar-refractivity contribution in [2.24, 2.45) is 11.8 Å². The molecule has 1 heterocycles. The number of hydrogen-bond donors (Lipinski definition) is 1. The van der Waals surface area contributed by atoms with Crippen LogP contribution in [0, 0.1) is 11.8 Å². The summed E-state index contributed by atoms with van der Waals surface area (Å²) in [6, 6.07) is -0.650. The van der Waals surface area contributed by atoms with Gasteiger partial charge in [-0.05, 0) is 57.8 Å². The van der Waals surface area contributed by atoms with Crippen molar-refractivity contribution in [1.82, 2.24) is 14.5 Å². The minimum absolute atomic E-state index is 0.0691. The number of likely N-dealkylation sites (N-methyl/N-ethyl adjacent to an activating group) is 1. The lowest BCUT2D eigenvalue weighted by molar-refractivity contribution is -0.135. The first-order valence-corrected chi connectivity index (χ1v) is 12.3. The molecular formula is C20H33N3O4S. The summed E-state index contributed by atoms with van der Waals surface area (Å²) in [5.41, 5.74) is -0.300. The predicted octanol–water partition coefficient (Wildman–Crippen LogP) is 2.47. The van der Waals surface area contributed by atoms with Crippen molar-refractivity contribution in [3.8, 4) is 0 Å². The molecule has 4 aliphatic rings. The number of amides is 3. The summed E-state index contributed by atoms with van der Waals surface area (Å²) >= 11 is 0. The maximum atomic E-state index is 13.3. The average Bonchev–Trinajstić information content (AvgIpc) is 3.30. The fraction of sp³-hybridized carbons (Fsp3) is 0.900. The van der Waals surface area contributed by atoms with Gasteiger partial charge in [0.2, 0.25) is 15.9 Å². The van der Waals surface area contributed by atoms with Crippen LogP contribution in [0.3, 0.4) is 0 Å². The van der Waals surface area contributed by atoms with Crippen molar-refractivity contribution in [3.05, 3.63) is 0 Å². The van der Waals surface area contributed by atoms with Gasteiger partial charge >= 0.3 is 6.03 Å². The fourth-order valence-corrected chi connectivity index (χ4v) is 7.34. The standard InChI is InChI=1S/C20H33N3O4S/c1-13-5-4-6-14(11-13)18(24)23-17-12-15(7-8-16(17)22(3)19(23)25)28(26,27)21-20(2)9-10-20/h13-17,21H,4-12H2,1-3H3. The van der Waals surface area contributed by atoms with Crippen LogP contribution >= 0.6 is 0 Å². The van der Waals surface area contributed by atoms with Crippen molar-refractivity contribution >= 4 is 22.0 Å². The van der Waals surface area contributed by atoms with E-state index in [1.807, 2.05) is 6.92 Å². The van der Waals surface area contributed by atoms with E-state index in [0.29, 0.717) is 25.2 Å². The second-order valence-corrected chi connectivity index (χ2v) is 11.8. The molecule has 0 bridgehead atoms. The highest BCUT2D eigenvalue weighted by Gasteiger charge is 2.53. The van der Waals surface area contributed by atoms with Gasteiger partial charge in [-0.1, -0.05) is 19.8 Å². The van der Waals surface area contributed by atoms with Crippen LogP contribution in [0.25, 0.3) is 0 Å². The normalized spacial score (nSPS) is 37.7. The van der Waals surface area contributed by atoms with Crippen LogP contribution in [-0.2, 0) is 14.8 Å². The van der Waals surface area contributed by atoms with Gasteiger partial charge in [-0.3, -0.25) is 9.69 Å². The maximum Gasteiger partial charge on any atom is 0.327 e. The van der Waals surface area contributed by atoms with E-state index in [-0.39, 0.29) is 35.5 Å². The molecule has 1 N–H and O–H groups in total. The largest absolute Gasteiger partial charge is 0.327 e. The predicted molar refractivity (Wildman–Crippen MR) is 106 cm³/mol. The van der Waals surface area contributed by atoms with Crippen LogP contribution < -0.4 is 4.72 Å². The van der Waals surface area contributed by atoms with Crippen LogP contribution in [-0.4, -0.2) is 60.1 Å². The molecule has 7 nitrogen and oxygen atoms in total. The van der Waals surface area contributed by atoms with E-state index < -0.39 is 15.3 Å². The number of sulfonamides is 1. The molecule has 3 saturated carbocycles. The zero-order valence-corrected chi connectivity index (χ0v) is 18.0. The first-order chi connectivity index (χ1) is 13.1. The summed E-state index contributed by atoms with van der Waals surface area (Å²) in [7, 11) is -1.71. The van der Waals surface area contributed by atoms with Crippen LogP contribution in [0.1, 0.15) is 71.6 Å². The van der Waals surface area contributed by atoms with Crippen molar-refractivity contribution < 1.29 is 18.0 Å². The lowest BCUT2D eigenvalue weighted by Gasteiger charge is -2.36. The molecule has 1 saturated heterocycles. The summed E-state index contributed by atoms with van der Waals surface area (Å²) in [6.07, 6.45) is 7.05. The van der Waals surface area contributed by atoms with E-state index in [0.717, 1.165) is 38.5 Å². The molecule has 0 aromatic rings. The molecule has 8 heteroatoms. The molecule has 5 atom stereocenters. The molecule has 1 aliphatic heterocycles. The Kier molecular flexibility index (Phi) is 5.01. The number of carbonyl (C=O) groups excluding carboxylic acids is 2. The Morgan fingerprint density at radius 2 is 1.82 bits per heavy atom. The monoisotopic (exact) mass is 411 g/mol. The molecular weight excluding hydrogens is 378 g/mol. The maximum absolute atomic E-state index is 13.3. The van der Waals surface area contributed by atoms with E-state index >= 15 is 0 Å². The SMILES string of the molecule is CC1CCCC(C(=O)N2C(=O)N(C)C3CCC(S(=O)(=O)NC4(C)CC4)CC32)C1. The highest BCUT2D eigenvalue weighted by molar-refractivity contribution is 7.90. The van der Waals surface area contributed by atoms with E-state index in [2.05, 4.69) is 11.6 Å². The van der Waals surface area contributed by atoms with Crippen LogP contribution in [0.5, 0.6) is 0 Å². The summed E-state index contributed by atoms with van der Waals surface area (Å²) < 4.78 is 28.7. The molecule has 0 aromatic heterocycles. The number of carbonyl (C=O) groups is 2. The summed E-state index contributed by atoms with van der Waals surface area (Å²) in [6.45, 7) is 4.09. The molecule has 4 rings (SSSR count). The number of fused-ring (bicyclic) bond motifs is 1. The Hall–Kier alpha value is -1.15. The van der Waals surface area contributed by atoms with Crippen molar-refractivity contribution in [2.75, 3.05) is 7.05 Å². The van der Waals surface area contributed by atoms with Gasteiger partial charge in [0, 0.05) is 18.5 Å². The van der Waals surface area contributed by atoms with E-state index in [1.54, 1.807) is 11.9 Å². The molecule has 0 radical (unpaired) electrons. The van der Waals surface area contributed by atoms with E-state index in [4.69, 9.17) is 0 Å². The zero-order valence-electron chi connectivity index (χ0n) is 17.2. The second-order valence-electron chi connectivity index (χ2n) is 9.85. The minimum atomic E-state index is -3.45. The van der Waals surface area contributed by atoms with E-state index in [9.17, 15) is 18.0 Å². The number of rotatable bonds is 4. The van der Waals surface area contributed by atoms with Gasteiger partial charge in [-0.15, -0.1) is 0 Å². The van der Waals surface area contributed by atoms with Gasteiger partial charge in [0.15, 0.2) is 0 Å². The van der Waals surface area contributed by atoms with Crippen LogP contribution in [0.2, 0.25) is 0 Å². The lowest BCUT2D eigenvalue weighted by atomic mass is 9.81. The number of imide groups is 1. The third-order valence-electron chi connectivity index (χ3n) is 7.42. The van der Waals surface area contributed by atoms with Gasteiger partial charge in [0.05, 0.1) is 17.3 Å². The molecule has 4 fully saturated rings. The minimum Gasteiger partial charge on any atom is -0.322 e. The van der Waals surface area contributed by atoms with Gasteiger partial charge in [0.1, 0.15) is 0 Å². The third-order valence-corrected chi connectivity index (χ3v) is 9.50. The van der Waals surface area contributed by atoms with Gasteiger partial charge in [0.25, 0.3) is 0 Å². The lowest BCUT2D eigenvalue weighted by Crippen LogP contribution is -2.51. The summed E-state index contributed by atoms with van der Waals surface area (Å²) in [5.74, 6) is 0.299. The Bertz CT molecular complexity index is 763. The molecule has 0 aromatic carbocycles. The van der Waals surface area contributed by atoms with Gasteiger partial charge in [-0.2, -0.15) is 0 Å². The summed E-state index contributed by atoms with van der Waals surface area (Å²) in [5, 5.41) is -0.536. The first-order valence-electron chi connectivity index (χ1n) is 10.7. The zero-order chi connectivity index (χ0) is 20.3. The quantitative estimate of drug-likeness (QED) is 0.770. The topological polar surface area (TPSA) is 86.8 Å². The number of urea groups is 1. The molecule has 3 amide bonds. The Balaban J connectivity index is 1.53. The summed E-state index contributed by atoms with van der Waals surface area (Å²) in [4.78, 5) is 29.2. The van der Waals surface area contributed by atoms with Crippen molar-refractivity contribution in [3.63, 3.8) is 0 Å².